The van der Waals surface area contributed by atoms with Gasteiger partial charge in [0.1, 0.15) is 12.7 Å². The summed E-state index contributed by atoms with van der Waals surface area (Å²) in [6.45, 7) is 2.60. The van der Waals surface area contributed by atoms with Crippen molar-refractivity contribution in [1.82, 2.24) is 0 Å². The molecule has 2 unspecified atom stereocenters. The SMILES string of the molecule is CN.COC1C=CC=CC(c2cccc3c2OC(C)CO3)=C1. The minimum Gasteiger partial charge on any atom is -0.486 e. The lowest BCUT2D eigenvalue weighted by Crippen LogP contribution is -2.26. The molecule has 0 aromatic heterocycles. The van der Waals surface area contributed by atoms with Crippen molar-refractivity contribution in [2.45, 2.75) is 19.1 Å². The third kappa shape index (κ3) is 3.59. The minimum atomic E-state index is -0.0298. The van der Waals surface area contributed by atoms with Gasteiger partial charge in [-0.05, 0) is 31.7 Å². The fraction of sp³-hybridized carbons (Fsp3) is 0.333. The van der Waals surface area contributed by atoms with E-state index in [2.05, 4.69) is 24.0 Å². The van der Waals surface area contributed by atoms with E-state index < -0.39 is 0 Å². The first-order valence-corrected chi connectivity index (χ1v) is 7.38. The fourth-order valence-corrected chi connectivity index (χ4v) is 2.37. The molecule has 0 spiro atoms. The van der Waals surface area contributed by atoms with Crippen LogP contribution in [0.1, 0.15) is 12.5 Å². The molecule has 4 heteroatoms. The van der Waals surface area contributed by atoms with Crippen LogP contribution in [0.3, 0.4) is 0 Å². The second-order valence-corrected chi connectivity index (χ2v) is 4.94. The van der Waals surface area contributed by atoms with E-state index in [1.165, 1.54) is 7.05 Å². The van der Waals surface area contributed by atoms with Gasteiger partial charge in [0, 0.05) is 12.7 Å². The summed E-state index contributed by atoms with van der Waals surface area (Å²) >= 11 is 0. The van der Waals surface area contributed by atoms with Crippen LogP contribution in [-0.2, 0) is 4.74 Å². The normalized spacial score (nSPS) is 22.3. The van der Waals surface area contributed by atoms with E-state index in [4.69, 9.17) is 14.2 Å². The molecule has 22 heavy (non-hydrogen) atoms. The van der Waals surface area contributed by atoms with Crippen molar-refractivity contribution in [3.8, 4) is 11.5 Å². The molecule has 0 radical (unpaired) electrons. The lowest BCUT2D eigenvalue weighted by molar-refractivity contribution is 0.104. The average Bonchev–Trinajstić information content (AvgIpc) is 2.81. The Balaban J connectivity index is 0.000000847. The van der Waals surface area contributed by atoms with E-state index in [-0.39, 0.29) is 12.2 Å². The number of hydrogen-bond donors (Lipinski definition) is 1. The van der Waals surface area contributed by atoms with Gasteiger partial charge in [0.05, 0.1) is 6.10 Å². The molecule has 0 amide bonds. The van der Waals surface area contributed by atoms with Gasteiger partial charge in [-0.1, -0.05) is 36.4 Å². The Morgan fingerprint density at radius 3 is 2.82 bits per heavy atom. The van der Waals surface area contributed by atoms with Gasteiger partial charge >= 0.3 is 0 Å². The van der Waals surface area contributed by atoms with Gasteiger partial charge in [0.2, 0.25) is 0 Å². The summed E-state index contributed by atoms with van der Waals surface area (Å²) in [5.74, 6) is 1.62. The molecule has 0 bridgehead atoms. The summed E-state index contributed by atoms with van der Waals surface area (Å²) in [6, 6.07) is 5.98. The van der Waals surface area contributed by atoms with E-state index in [0.29, 0.717) is 6.61 Å². The first-order valence-electron chi connectivity index (χ1n) is 7.38. The van der Waals surface area contributed by atoms with Gasteiger partial charge in [0.25, 0.3) is 0 Å². The molecular formula is C18H23NO3. The van der Waals surface area contributed by atoms with E-state index in [1.54, 1.807) is 7.11 Å². The Labute approximate surface area is 131 Å². The largest absolute Gasteiger partial charge is 0.486 e. The third-order valence-electron chi connectivity index (χ3n) is 3.39. The van der Waals surface area contributed by atoms with Crippen LogP contribution < -0.4 is 15.2 Å². The lowest BCUT2D eigenvalue weighted by atomic mass is 10.0. The number of benzene rings is 1. The standard InChI is InChI=1S/C17H18O3.CH5N/c1-12-11-19-16-9-5-8-15(17(16)20-12)13-6-3-4-7-14(10-13)18-2;1-2/h3-10,12,14H,11H2,1-2H3;2H2,1H3. The molecule has 0 fully saturated rings. The molecule has 0 saturated heterocycles. The maximum atomic E-state index is 5.96. The van der Waals surface area contributed by atoms with E-state index in [1.807, 2.05) is 37.3 Å². The van der Waals surface area contributed by atoms with Gasteiger partial charge in [-0.2, -0.15) is 0 Å². The van der Waals surface area contributed by atoms with Crippen LogP contribution in [0.15, 0.2) is 48.6 Å². The Morgan fingerprint density at radius 1 is 1.23 bits per heavy atom. The zero-order valence-corrected chi connectivity index (χ0v) is 13.3. The number of para-hydroxylation sites is 1. The molecule has 1 aliphatic heterocycles. The number of methoxy groups -OCH3 is 1. The van der Waals surface area contributed by atoms with Crippen molar-refractivity contribution >= 4 is 5.57 Å². The highest BCUT2D eigenvalue weighted by atomic mass is 16.6. The number of rotatable bonds is 2. The zero-order chi connectivity index (χ0) is 15.9. The van der Waals surface area contributed by atoms with E-state index >= 15 is 0 Å². The zero-order valence-electron chi connectivity index (χ0n) is 13.3. The molecule has 1 aromatic rings. The summed E-state index contributed by atoms with van der Waals surface area (Å²) in [6.07, 6.45) is 10.2. The minimum absolute atomic E-state index is 0.0298. The number of fused-ring (bicyclic) bond motifs is 1. The van der Waals surface area contributed by atoms with Crippen molar-refractivity contribution in [2.75, 3.05) is 20.8 Å². The smallest absolute Gasteiger partial charge is 0.169 e. The van der Waals surface area contributed by atoms with Crippen LogP contribution in [0.2, 0.25) is 0 Å². The molecule has 118 valence electrons. The maximum Gasteiger partial charge on any atom is 0.169 e. The molecule has 2 atom stereocenters. The van der Waals surface area contributed by atoms with Crippen LogP contribution in [-0.4, -0.2) is 33.0 Å². The van der Waals surface area contributed by atoms with Gasteiger partial charge in [0.15, 0.2) is 11.5 Å². The third-order valence-corrected chi connectivity index (χ3v) is 3.39. The summed E-state index contributed by atoms with van der Waals surface area (Å²) in [4.78, 5) is 0. The van der Waals surface area contributed by atoms with Gasteiger partial charge < -0.3 is 19.9 Å². The monoisotopic (exact) mass is 301 g/mol. The Hall–Kier alpha value is -2.04. The van der Waals surface area contributed by atoms with Crippen molar-refractivity contribution in [3.63, 3.8) is 0 Å². The molecular weight excluding hydrogens is 278 g/mol. The summed E-state index contributed by atoms with van der Waals surface area (Å²) in [5, 5.41) is 0. The summed E-state index contributed by atoms with van der Waals surface area (Å²) in [7, 11) is 3.20. The van der Waals surface area contributed by atoms with E-state index in [0.717, 1.165) is 22.6 Å². The second-order valence-electron chi connectivity index (χ2n) is 4.94. The lowest BCUT2D eigenvalue weighted by Gasteiger charge is -2.26. The Kier molecular flexibility index (Phi) is 5.81. The van der Waals surface area contributed by atoms with Crippen LogP contribution in [0.4, 0.5) is 0 Å². The number of ether oxygens (including phenoxy) is 3. The van der Waals surface area contributed by atoms with Crippen molar-refractivity contribution in [2.24, 2.45) is 5.73 Å². The highest BCUT2D eigenvalue weighted by Crippen LogP contribution is 2.39. The highest BCUT2D eigenvalue weighted by molar-refractivity contribution is 5.80. The quantitative estimate of drug-likeness (QED) is 0.912. The predicted molar refractivity (Wildman–Crippen MR) is 89.2 cm³/mol. The molecule has 0 saturated carbocycles. The fourth-order valence-electron chi connectivity index (χ4n) is 2.37. The molecule has 2 N–H and O–H groups in total. The van der Waals surface area contributed by atoms with Gasteiger partial charge in [-0.3, -0.25) is 0 Å². The highest BCUT2D eigenvalue weighted by Gasteiger charge is 2.21. The molecule has 1 aromatic carbocycles. The van der Waals surface area contributed by atoms with Crippen LogP contribution in [0.5, 0.6) is 11.5 Å². The summed E-state index contributed by atoms with van der Waals surface area (Å²) in [5.41, 5.74) is 6.62. The molecule has 2 aliphatic rings. The Morgan fingerprint density at radius 2 is 2.05 bits per heavy atom. The predicted octanol–water partition coefficient (Wildman–Crippen LogP) is 2.95. The number of nitrogens with two attached hydrogens (primary N) is 1. The number of hydrogen-bond acceptors (Lipinski definition) is 4. The Bertz CT molecular complexity index is 590. The second kappa shape index (κ2) is 7.82. The van der Waals surface area contributed by atoms with E-state index in [9.17, 15) is 0 Å². The van der Waals surface area contributed by atoms with Gasteiger partial charge in [-0.25, -0.2) is 0 Å². The maximum absolute atomic E-state index is 5.96. The van der Waals surface area contributed by atoms with Crippen molar-refractivity contribution in [3.05, 3.63) is 54.1 Å². The number of allylic oxidation sites excluding steroid dienone is 4. The first-order chi connectivity index (χ1) is 10.8. The topological polar surface area (TPSA) is 53.7 Å². The van der Waals surface area contributed by atoms with Crippen LogP contribution >= 0.6 is 0 Å². The average molecular weight is 301 g/mol. The van der Waals surface area contributed by atoms with Crippen molar-refractivity contribution < 1.29 is 14.2 Å². The molecule has 1 heterocycles. The van der Waals surface area contributed by atoms with Crippen molar-refractivity contribution in [1.29, 1.82) is 0 Å². The van der Waals surface area contributed by atoms with Gasteiger partial charge in [-0.15, -0.1) is 0 Å². The molecule has 1 aliphatic carbocycles. The van der Waals surface area contributed by atoms with Crippen LogP contribution in [0, 0.1) is 0 Å². The molecule has 3 rings (SSSR count). The van der Waals surface area contributed by atoms with Crippen LogP contribution in [0.25, 0.3) is 5.57 Å². The summed E-state index contributed by atoms with van der Waals surface area (Å²) < 4.78 is 17.1. The molecule has 4 nitrogen and oxygen atoms in total. The first kappa shape index (κ1) is 16.3.